The van der Waals surface area contributed by atoms with E-state index in [1.807, 2.05) is 12.1 Å². The number of nitrogens with two attached hydrogens (primary N) is 1. The Morgan fingerprint density at radius 2 is 1.70 bits per heavy atom. The first-order valence-corrected chi connectivity index (χ1v) is 7.10. The third-order valence-corrected chi connectivity index (χ3v) is 3.64. The molecule has 1 unspecified atom stereocenters. The van der Waals surface area contributed by atoms with Gasteiger partial charge in [0, 0.05) is 0 Å². The molecule has 0 aromatic heterocycles. The monoisotopic (exact) mass is 269 g/mol. The van der Waals surface area contributed by atoms with Crippen LogP contribution < -0.4 is 10.5 Å². The zero-order valence-corrected chi connectivity index (χ0v) is 12.3. The molecule has 0 fully saturated rings. The second-order valence-corrected chi connectivity index (χ2v) is 5.35. The molecule has 20 heavy (non-hydrogen) atoms. The van der Waals surface area contributed by atoms with E-state index >= 15 is 0 Å². The summed E-state index contributed by atoms with van der Waals surface area (Å²) in [6.07, 6.45) is 2.01. The van der Waals surface area contributed by atoms with Crippen molar-refractivity contribution in [2.24, 2.45) is 11.7 Å². The van der Waals surface area contributed by atoms with E-state index in [2.05, 4.69) is 43.3 Å². The second kappa shape index (κ2) is 7.11. The average molecular weight is 269 g/mol. The smallest absolute Gasteiger partial charge is 0.119 e. The number of ether oxygens (including phenoxy) is 1. The fraction of sp³-hybridized carbons (Fsp3) is 0.333. The maximum absolute atomic E-state index is 5.94. The van der Waals surface area contributed by atoms with Gasteiger partial charge in [-0.05, 0) is 55.5 Å². The number of rotatable bonds is 6. The maximum Gasteiger partial charge on any atom is 0.119 e. The van der Waals surface area contributed by atoms with Gasteiger partial charge < -0.3 is 10.5 Å². The van der Waals surface area contributed by atoms with Crippen LogP contribution in [0.15, 0.2) is 48.5 Å². The van der Waals surface area contributed by atoms with E-state index in [1.54, 1.807) is 7.11 Å². The molecular formula is C18H23NO. The third-order valence-electron chi connectivity index (χ3n) is 3.64. The molecule has 0 spiro atoms. The lowest BCUT2D eigenvalue weighted by molar-refractivity contribution is 0.413. The highest BCUT2D eigenvalue weighted by Gasteiger charge is 2.09. The Hall–Kier alpha value is -1.80. The number of methoxy groups -OCH3 is 1. The SMILES string of the molecule is COc1cccc(CC(CN)Cc2ccc(C)cc2)c1. The Kier molecular flexibility index (Phi) is 5.19. The second-order valence-electron chi connectivity index (χ2n) is 5.35. The molecule has 2 N–H and O–H groups in total. The van der Waals surface area contributed by atoms with E-state index in [1.165, 1.54) is 16.7 Å². The molecule has 0 radical (unpaired) electrons. The van der Waals surface area contributed by atoms with Crippen molar-refractivity contribution in [1.82, 2.24) is 0 Å². The van der Waals surface area contributed by atoms with Crippen molar-refractivity contribution in [3.05, 3.63) is 65.2 Å². The van der Waals surface area contributed by atoms with Gasteiger partial charge in [0.2, 0.25) is 0 Å². The molecule has 2 rings (SSSR count). The van der Waals surface area contributed by atoms with Crippen molar-refractivity contribution in [1.29, 1.82) is 0 Å². The van der Waals surface area contributed by atoms with Gasteiger partial charge in [0.05, 0.1) is 7.11 Å². The molecule has 2 aromatic carbocycles. The van der Waals surface area contributed by atoms with Crippen LogP contribution in [0.25, 0.3) is 0 Å². The van der Waals surface area contributed by atoms with E-state index in [0.717, 1.165) is 18.6 Å². The molecule has 2 heteroatoms. The summed E-state index contributed by atoms with van der Waals surface area (Å²) in [6.45, 7) is 2.81. The van der Waals surface area contributed by atoms with Crippen molar-refractivity contribution >= 4 is 0 Å². The first-order chi connectivity index (χ1) is 9.71. The van der Waals surface area contributed by atoms with Gasteiger partial charge in [0.1, 0.15) is 5.75 Å². The lowest BCUT2D eigenvalue weighted by atomic mass is 9.92. The highest BCUT2D eigenvalue weighted by molar-refractivity contribution is 5.29. The number of hydrogen-bond acceptors (Lipinski definition) is 2. The third kappa shape index (κ3) is 4.10. The Morgan fingerprint density at radius 1 is 1.00 bits per heavy atom. The Morgan fingerprint density at radius 3 is 2.35 bits per heavy atom. The minimum absolute atomic E-state index is 0.463. The molecule has 0 aliphatic heterocycles. The van der Waals surface area contributed by atoms with Crippen LogP contribution >= 0.6 is 0 Å². The van der Waals surface area contributed by atoms with E-state index in [4.69, 9.17) is 10.5 Å². The summed E-state index contributed by atoms with van der Waals surface area (Å²) in [4.78, 5) is 0. The zero-order valence-electron chi connectivity index (χ0n) is 12.3. The van der Waals surface area contributed by atoms with Crippen molar-refractivity contribution in [3.63, 3.8) is 0 Å². The molecule has 0 saturated carbocycles. The van der Waals surface area contributed by atoms with Gasteiger partial charge in [-0.2, -0.15) is 0 Å². The van der Waals surface area contributed by atoms with Crippen molar-refractivity contribution in [2.75, 3.05) is 13.7 Å². The lowest BCUT2D eigenvalue weighted by Gasteiger charge is -2.15. The predicted molar refractivity (Wildman–Crippen MR) is 84.1 cm³/mol. The van der Waals surface area contributed by atoms with E-state index in [0.29, 0.717) is 12.5 Å². The van der Waals surface area contributed by atoms with Gasteiger partial charge in [-0.1, -0.05) is 42.0 Å². The summed E-state index contributed by atoms with van der Waals surface area (Å²) < 4.78 is 5.27. The van der Waals surface area contributed by atoms with Crippen LogP contribution in [0, 0.1) is 12.8 Å². The highest BCUT2D eigenvalue weighted by atomic mass is 16.5. The average Bonchev–Trinajstić information content (AvgIpc) is 2.49. The molecule has 2 aromatic rings. The standard InChI is InChI=1S/C18H23NO/c1-14-6-8-15(9-7-14)10-17(13-19)11-16-4-3-5-18(12-16)20-2/h3-9,12,17H,10-11,13,19H2,1-2H3. The van der Waals surface area contributed by atoms with E-state index in [-0.39, 0.29) is 0 Å². The molecule has 0 heterocycles. The normalized spacial score (nSPS) is 12.2. The molecule has 2 nitrogen and oxygen atoms in total. The van der Waals surface area contributed by atoms with Crippen LogP contribution in [-0.2, 0) is 12.8 Å². The molecule has 0 bridgehead atoms. The van der Waals surface area contributed by atoms with E-state index < -0.39 is 0 Å². The Bertz CT molecular complexity index is 533. The fourth-order valence-corrected chi connectivity index (χ4v) is 2.43. The van der Waals surface area contributed by atoms with Crippen molar-refractivity contribution in [3.8, 4) is 5.75 Å². The highest BCUT2D eigenvalue weighted by Crippen LogP contribution is 2.18. The number of benzene rings is 2. The van der Waals surface area contributed by atoms with Crippen molar-refractivity contribution < 1.29 is 4.74 Å². The number of hydrogen-bond donors (Lipinski definition) is 1. The van der Waals surface area contributed by atoms with E-state index in [9.17, 15) is 0 Å². The maximum atomic E-state index is 5.94. The quantitative estimate of drug-likeness (QED) is 0.872. The van der Waals surface area contributed by atoms with Crippen LogP contribution in [0.5, 0.6) is 5.75 Å². The van der Waals surface area contributed by atoms with Gasteiger partial charge in [0.25, 0.3) is 0 Å². The summed E-state index contributed by atoms with van der Waals surface area (Å²) in [6, 6.07) is 17.0. The van der Waals surface area contributed by atoms with Gasteiger partial charge in [0.15, 0.2) is 0 Å². The van der Waals surface area contributed by atoms with Gasteiger partial charge in [-0.25, -0.2) is 0 Å². The minimum atomic E-state index is 0.463. The first-order valence-electron chi connectivity index (χ1n) is 7.10. The Labute approximate surface area is 121 Å². The summed E-state index contributed by atoms with van der Waals surface area (Å²) in [5.74, 6) is 1.37. The fourth-order valence-electron chi connectivity index (χ4n) is 2.43. The largest absolute Gasteiger partial charge is 0.497 e. The molecule has 0 aliphatic carbocycles. The summed E-state index contributed by atoms with van der Waals surface area (Å²) >= 11 is 0. The predicted octanol–water partition coefficient (Wildman–Crippen LogP) is 3.36. The molecule has 0 aliphatic rings. The molecule has 1 atom stereocenters. The van der Waals surface area contributed by atoms with Gasteiger partial charge in [-0.15, -0.1) is 0 Å². The lowest BCUT2D eigenvalue weighted by Crippen LogP contribution is -2.19. The van der Waals surface area contributed by atoms with Crippen LogP contribution in [0.2, 0.25) is 0 Å². The summed E-state index contributed by atoms with van der Waals surface area (Å²) in [7, 11) is 1.70. The zero-order chi connectivity index (χ0) is 14.4. The number of aryl methyl sites for hydroxylation is 1. The van der Waals surface area contributed by atoms with Crippen LogP contribution in [-0.4, -0.2) is 13.7 Å². The molecule has 106 valence electrons. The Balaban J connectivity index is 2.02. The molecule has 0 amide bonds. The first kappa shape index (κ1) is 14.6. The van der Waals surface area contributed by atoms with Crippen LogP contribution in [0.4, 0.5) is 0 Å². The molecule has 0 saturated heterocycles. The summed E-state index contributed by atoms with van der Waals surface area (Å²) in [5, 5.41) is 0. The van der Waals surface area contributed by atoms with Gasteiger partial charge >= 0.3 is 0 Å². The topological polar surface area (TPSA) is 35.2 Å². The van der Waals surface area contributed by atoms with Crippen LogP contribution in [0.1, 0.15) is 16.7 Å². The summed E-state index contributed by atoms with van der Waals surface area (Å²) in [5.41, 5.74) is 9.87. The van der Waals surface area contributed by atoms with Gasteiger partial charge in [-0.3, -0.25) is 0 Å². The van der Waals surface area contributed by atoms with Crippen molar-refractivity contribution in [2.45, 2.75) is 19.8 Å². The minimum Gasteiger partial charge on any atom is -0.497 e. The van der Waals surface area contributed by atoms with Crippen LogP contribution in [0.3, 0.4) is 0 Å². The molecular weight excluding hydrogens is 246 g/mol.